The van der Waals surface area contributed by atoms with Crippen LogP contribution in [0.3, 0.4) is 0 Å². The Morgan fingerprint density at radius 2 is 2.17 bits per heavy atom. The number of nitrogens with one attached hydrogen (secondary N) is 1. The summed E-state index contributed by atoms with van der Waals surface area (Å²) in [6, 6.07) is 0. The Labute approximate surface area is 111 Å². The quantitative estimate of drug-likeness (QED) is 0.782. The lowest BCUT2D eigenvalue weighted by molar-refractivity contribution is -0.122. The molecule has 2 rings (SSSR count). The van der Waals surface area contributed by atoms with Gasteiger partial charge in [-0.05, 0) is 12.8 Å². The number of aliphatic hydroxyl groups is 1. The van der Waals surface area contributed by atoms with E-state index < -0.39 is 5.60 Å². The second kappa shape index (κ2) is 5.93. The van der Waals surface area contributed by atoms with Crippen LogP contribution in [-0.2, 0) is 4.79 Å². The van der Waals surface area contributed by atoms with Crippen LogP contribution in [0.25, 0.3) is 0 Å². The normalized spacial score (nSPS) is 22.5. The molecule has 6 heteroatoms. The molecule has 0 radical (unpaired) electrons. The molecular formula is C12H20N2O3S. The monoisotopic (exact) mass is 272 g/mol. The second-order valence-electron chi connectivity index (χ2n) is 5.06. The van der Waals surface area contributed by atoms with Gasteiger partial charge in [0.05, 0.1) is 5.60 Å². The third kappa shape index (κ3) is 3.62. The summed E-state index contributed by atoms with van der Waals surface area (Å²) in [5, 5.41) is 12.9. The highest BCUT2D eigenvalue weighted by Gasteiger charge is 2.31. The van der Waals surface area contributed by atoms with E-state index in [0.717, 1.165) is 38.0 Å². The molecule has 1 aliphatic carbocycles. The predicted octanol–water partition coefficient (Wildman–Crippen LogP) is 0.967. The van der Waals surface area contributed by atoms with E-state index in [1.165, 1.54) is 11.8 Å². The SMILES string of the molecule is O=C(CCN1CCSC1=O)NCC1(O)CCCC1. The Bertz CT molecular complexity index is 329. The number of nitrogens with zero attached hydrogens (tertiary/aromatic N) is 1. The minimum absolute atomic E-state index is 0.0669. The zero-order chi connectivity index (χ0) is 13.0. The standard InChI is InChI=1S/C12H20N2O3S/c15-10(3-6-14-7-8-18-11(14)16)13-9-12(17)4-1-2-5-12/h17H,1-9H2,(H,13,15). The van der Waals surface area contributed by atoms with Crippen molar-refractivity contribution >= 4 is 22.9 Å². The summed E-state index contributed by atoms with van der Waals surface area (Å²) >= 11 is 1.31. The first-order chi connectivity index (χ1) is 8.59. The zero-order valence-electron chi connectivity index (χ0n) is 10.5. The first kappa shape index (κ1) is 13.7. The van der Waals surface area contributed by atoms with Crippen molar-refractivity contribution in [1.82, 2.24) is 10.2 Å². The summed E-state index contributed by atoms with van der Waals surface area (Å²) < 4.78 is 0. The molecule has 2 amide bonds. The van der Waals surface area contributed by atoms with Crippen LogP contribution in [-0.4, -0.2) is 52.1 Å². The van der Waals surface area contributed by atoms with E-state index in [4.69, 9.17) is 0 Å². The van der Waals surface area contributed by atoms with Crippen LogP contribution in [0.15, 0.2) is 0 Å². The van der Waals surface area contributed by atoms with Crippen LogP contribution in [0.4, 0.5) is 4.79 Å². The maximum Gasteiger partial charge on any atom is 0.281 e. The Kier molecular flexibility index (Phi) is 4.50. The molecule has 1 heterocycles. The van der Waals surface area contributed by atoms with Crippen molar-refractivity contribution in [1.29, 1.82) is 0 Å². The molecule has 2 N–H and O–H groups in total. The largest absolute Gasteiger partial charge is 0.388 e. The van der Waals surface area contributed by atoms with Gasteiger partial charge >= 0.3 is 0 Å². The lowest BCUT2D eigenvalue weighted by atomic mass is 10.0. The fraction of sp³-hybridized carbons (Fsp3) is 0.833. The Morgan fingerprint density at radius 1 is 1.44 bits per heavy atom. The minimum atomic E-state index is -0.699. The van der Waals surface area contributed by atoms with Crippen LogP contribution in [0.1, 0.15) is 32.1 Å². The van der Waals surface area contributed by atoms with E-state index in [1.807, 2.05) is 0 Å². The van der Waals surface area contributed by atoms with Crippen LogP contribution >= 0.6 is 11.8 Å². The summed E-state index contributed by atoms with van der Waals surface area (Å²) in [4.78, 5) is 24.7. The van der Waals surface area contributed by atoms with Crippen LogP contribution in [0.5, 0.6) is 0 Å². The van der Waals surface area contributed by atoms with Gasteiger partial charge in [-0.25, -0.2) is 0 Å². The molecule has 2 aliphatic rings. The number of hydrogen-bond donors (Lipinski definition) is 2. The number of carbonyl (C=O) groups excluding carboxylic acids is 2. The molecule has 18 heavy (non-hydrogen) atoms. The molecule has 0 bridgehead atoms. The van der Waals surface area contributed by atoms with Crippen molar-refractivity contribution in [2.45, 2.75) is 37.7 Å². The van der Waals surface area contributed by atoms with Gasteiger partial charge in [-0.1, -0.05) is 24.6 Å². The van der Waals surface area contributed by atoms with E-state index in [2.05, 4.69) is 5.32 Å². The summed E-state index contributed by atoms with van der Waals surface area (Å²) in [5.74, 6) is 0.736. The lowest BCUT2D eigenvalue weighted by Crippen LogP contribution is -2.41. The predicted molar refractivity (Wildman–Crippen MR) is 70.5 cm³/mol. The van der Waals surface area contributed by atoms with Crippen LogP contribution < -0.4 is 5.32 Å². The molecule has 0 aromatic heterocycles. The molecule has 0 spiro atoms. The van der Waals surface area contributed by atoms with Crippen LogP contribution in [0.2, 0.25) is 0 Å². The van der Waals surface area contributed by atoms with Gasteiger partial charge in [0, 0.05) is 31.8 Å². The van der Waals surface area contributed by atoms with Crippen molar-refractivity contribution < 1.29 is 14.7 Å². The van der Waals surface area contributed by atoms with Gasteiger partial charge in [0.1, 0.15) is 0 Å². The fourth-order valence-electron chi connectivity index (χ4n) is 2.43. The van der Waals surface area contributed by atoms with Crippen molar-refractivity contribution in [2.75, 3.05) is 25.4 Å². The number of thioether (sulfide) groups is 1. The highest BCUT2D eigenvalue weighted by atomic mass is 32.2. The average Bonchev–Trinajstić information content (AvgIpc) is 2.94. The van der Waals surface area contributed by atoms with Gasteiger partial charge in [0.25, 0.3) is 5.24 Å². The van der Waals surface area contributed by atoms with Gasteiger partial charge in [-0.2, -0.15) is 0 Å². The molecule has 2 fully saturated rings. The first-order valence-corrected chi connectivity index (χ1v) is 7.48. The molecule has 1 saturated carbocycles. The lowest BCUT2D eigenvalue weighted by Gasteiger charge is -2.22. The van der Waals surface area contributed by atoms with Crippen molar-refractivity contribution in [3.8, 4) is 0 Å². The summed E-state index contributed by atoms with van der Waals surface area (Å²) in [6.45, 7) is 1.56. The molecule has 0 aromatic rings. The smallest absolute Gasteiger partial charge is 0.281 e. The third-order valence-electron chi connectivity index (χ3n) is 3.60. The van der Waals surface area contributed by atoms with E-state index >= 15 is 0 Å². The maximum atomic E-state index is 11.6. The molecule has 0 aromatic carbocycles. The fourth-order valence-corrected chi connectivity index (χ4v) is 3.28. The topological polar surface area (TPSA) is 69.6 Å². The molecular weight excluding hydrogens is 252 g/mol. The summed E-state index contributed by atoms with van der Waals surface area (Å²) in [7, 11) is 0. The number of rotatable bonds is 5. The minimum Gasteiger partial charge on any atom is -0.388 e. The molecule has 0 unspecified atom stereocenters. The second-order valence-corrected chi connectivity index (χ2v) is 6.11. The van der Waals surface area contributed by atoms with E-state index in [-0.39, 0.29) is 11.1 Å². The highest BCUT2D eigenvalue weighted by Crippen LogP contribution is 2.28. The summed E-state index contributed by atoms with van der Waals surface area (Å²) in [5.41, 5.74) is -0.699. The molecule has 102 valence electrons. The van der Waals surface area contributed by atoms with Gasteiger partial charge in [-0.15, -0.1) is 0 Å². The maximum absolute atomic E-state index is 11.6. The van der Waals surface area contributed by atoms with Gasteiger partial charge in [0.2, 0.25) is 5.91 Å². The highest BCUT2D eigenvalue weighted by molar-refractivity contribution is 8.13. The van der Waals surface area contributed by atoms with E-state index in [1.54, 1.807) is 4.90 Å². The molecule has 1 saturated heterocycles. The number of amides is 2. The first-order valence-electron chi connectivity index (χ1n) is 6.50. The Balaban J connectivity index is 1.64. The number of hydrogen-bond acceptors (Lipinski definition) is 4. The third-order valence-corrected chi connectivity index (χ3v) is 4.49. The van der Waals surface area contributed by atoms with Gasteiger partial charge < -0.3 is 15.3 Å². The van der Waals surface area contributed by atoms with E-state index in [9.17, 15) is 14.7 Å². The van der Waals surface area contributed by atoms with Crippen molar-refractivity contribution in [3.63, 3.8) is 0 Å². The molecule has 0 atom stereocenters. The zero-order valence-corrected chi connectivity index (χ0v) is 11.3. The van der Waals surface area contributed by atoms with Gasteiger partial charge in [0.15, 0.2) is 0 Å². The van der Waals surface area contributed by atoms with Crippen molar-refractivity contribution in [2.24, 2.45) is 0 Å². The van der Waals surface area contributed by atoms with Crippen LogP contribution in [0, 0.1) is 0 Å². The molecule has 5 nitrogen and oxygen atoms in total. The average molecular weight is 272 g/mol. The Morgan fingerprint density at radius 3 is 2.78 bits per heavy atom. The van der Waals surface area contributed by atoms with E-state index in [0.29, 0.717) is 19.5 Å². The number of carbonyl (C=O) groups is 2. The molecule has 1 aliphatic heterocycles. The van der Waals surface area contributed by atoms with Crippen molar-refractivity contribution in [3.05, 3.63) is 0 Å². The van der Waals surface area contributed by atoms with Gasteiger partial charge in [-0.3, -0.25) is 9.59 Å². The summed E-state index contributed by atoms with van der Waals surface area (Å²) in [6.07, 6.45) is 3.93. The Hall–Kier alpha value is -0.750.